The summed E-state index contributed by atoms with van der Waals surface area (Å²) < 4.78 is 33.3. The summed E-state index contributed by atoms with van der Waals surface area (Å²) in [6.45, 7) is 1.94. The van der Waals surface area contributed by atoms with Crippen LogP contribution < -0.4 is 10.6 Å². The highest BCUT2D eigenvalue weighted by molar-refractivity contribution is 7.84. The van der Waals surface area contributed by atoms with E-state index in [1.165, 1.54) is 4.90 Å². The Morgan fingerprint density at radius 2 is 1.95 bits per heavy atom. The Morgan fingerprint density at radius 1 is 1.29 bits per heavy atom. The zero-order valence-electron chi connectivity index (χ0n) is 11.3. The maximum atomic E-state index is 12.2. The van der Waals surface area contributed by atoms with Gasteiger partial charge >= 0.3 is 6.03 Å². The van der Waals surface area contributed by atoms with Crippen molar-refractivity contribution in [2.45, 2.75) is 37.4 Å². The Bertz CT molecular complexity index is 559. The summed E-state index contributed by atoms with van der Waals surface area (Å²) in [7, 11) is -4.78. The van der Waals surface area contributed by atoms with Gasteiger partial charge in [-0.3, -0.25) is 4.79 Å². The van der Waals surface area contributed by atoms with E-state index in [1.54, 1.807) is 0 Å². The lowest BCUT2D eigenvalue weighted by atomic mass is 10.0. The van der Waals surface area contributed by atoms with E-state index >= 15 is 0 Å². The molecule has 0 aromatic rings. The average molecular weight is 317 g/mol. The number of nitrogens with one attached hydrogen (secondary N) is 2. The minimum Gasteiger partial charge on any atom is -0.731 e. The first-order chi connectivity index (χ1) is 9.89. The first kappa shape index (κ1) is 14.5. The van der Waals surface area contributed by atoms with Crippen LogP contribution in [-0.4, -0.2) is 71.9 Å². The fourth-order valence-corrected chi connectivity index (χ4v) is 4.14. The fraction of sp³-hybridized carbons (Fsp3) is 0.818. The number of piperidine rings is 1. The second-order valence-corrected chi connectivity index (χ2v) is 6.81. The predicted molar refractivity (Wildman–Crippen MR) is 69.9 cm³/mol. The maximum Gasteiger partial charge on any atom is 0.318 e. The highest BCUT2D eigenvalue weighted by Crippen LogP contribution is 2.35. The van der Waals surface area contributed by atoms with Crippen molar-refractivity contribution in [3.8, 4) is 0 Å². The summed E-state index contributed by atoms with van der Waals surface area (Å²) in [6, 6.07) is -1.80. The first-order valence-corrected chi connectivity index (χ1v) is 8.33. The van der Waals surface area contributed by atoms with Gasteiger partial charge in [0, 0.05) is 12.6 Å². The Morgan fingerprint density at radius 3 is 2.57 bits per heavy atom. The molecule has 21 heavy (non-hydrogen) atoms. The highest BCUT2D eigenvalue weighted by Gasteiger charge is 2.58. The van der Waals surface area contributed by atoms with Crippen LogP contribution in [0.15, 0.2) is 0 Å². The molecule has 2 N–H and O–H groups in total. The van der Waals surface area contributed by atoms with Gasteiger partial charge in [-0.05, 0) is 32.4 Å². The molecular formula is C11H17N4O5S-. The van der Waals surface area contributed by atoms with Crippen LogP contribution in [-0.2, 0) is 15.1 Å². The van der Waals surface area contributed by atoms with Gasteiger partial charge in [-0.25, -0.2) is 17.5 Å². The van der Waals surface area contributed by atoms with E-state index in [0.29, 0.717) is 10.7 Å². The molecule has 3 fully saturated rings. The van der Waals surface area contributed by atoms with Crippen molar-refractivity contribution >= 4 is 22.2 Å². The van der Waals surface area contributed by atoms with Crippen molar-refractivity contribution in [2.24, 2.45) is 0 Å². The molecule has 10 heteroatoms. The summed E-state index contributed by atoms with van der Waals surface area (Å²) in [5.74, 6) is -0.798. The number of carbonyl (C=O) groups excluding carboxylic acids is 2. The minimum atomic E-state index is -4.78. The molecule has 0 aromatic carbocycles. The molecule has 0 aromatic heterocycles. The zero-order valence-corrected chi connectivity index (χ0v) is 12.1. The third-order valence-corrected chi connectivity index (χ3v) is 5.24. The average Bonchev–Trinajstić information content (AvgIpc) is 2.77. The smallest absolute Gasteiger partial charge is 0.318 e. The van der Waals surface area contributed by atoms with Crippen molar-refractivity contribution in [2.75, 3.05) is 19.6 Å². The monoisotopic (exact) mass is 317 g/mol. The lowest BCUT2D eigenvalue weighted by Gasteiger charge is -2.45. The lowest BCUT2D eigenvalue weighted by molar-refractivity contribution is -0.143. The molecule has 118 valence electrons. The number of urea groups is 1. The van der Waals surface area contributed by atoms with Gasteiger partial charge < -0.3 is 20.1 Å². The van der Waals surface area contributed by atoms with Crippen LogP contribution in [0.5, 0.6) is 0 Å². The second-order valence-electron chi connectivity index (χ2n) is 5.56. The van der Waals surface area contributed by atoms with Crippen molar-refractivity contribution in [1.29, 1.82) is 0 Å². The topological polar surface area (TPSA) is 122 Å². The van der Waals surface area contributed by atoms with E-state index in [2.05, 4.69) is 10.6 Å². The fourth-order valence-electron chi connectivity index (χ4n) is 3.26. The molecule has 3 aliphatic heterocycles. The van der Waals surface area contributed by atoms with Crippen molar-refractivity contribution in [3.63, 3.8) is 0 Å². The zero-order chi connectivity index (χ0) is 15.2. The number of rotatable bonds is 2. The van der Waals surface area contributed by atoms with Crippen molar-refractivity contribution in [1.82, 2.24) is 19.8 Å². The van der Waals surface area contributed by atoms with Crippen molar-refractivity contribution < 1.29 is 22.6 Å². The number of likely N-dealkylation sites (tertiary alicyclic amines) is 1. The Balaban J connectivity index is 1.63. The summed E-state index contributed by atoms with van der Waals surface area (Å²) >= 11 is 0. The third kappa shape index (κ3) is 2.47. The van der Waals surface area contributed by atoms with E-state index in [-0.39, 0.29) is 18.6 Å². The van der Waals surface area contributed by atoms with E-state index in [9.17, 15) is 22.6 Å². The van der Waals surface area contributed by atoms with Gasteiger partial charge in [0.15, 0.2) is 10.3 Å². The van der Waals surface area contributed by atoms with Gasteiger partial charge in [0.05, 0.1) is 6.04 Å². The molecule has 0 bridgehead atoms. The number of amides is 3. The standard InChI is InChI=1S/C11H18N4O5S/c16-10-9-8(15(10)21(18,19)20)3-6-14(9)11(17)13-7-1-4-12-5-2-7/h7-9,12H,1-6H2,(H,13,17)(H,18,19,20)/p-1/t8-,9+/m1/s1. The molecule has 3 heterocycles. The number of hydrogen-bond acceptors (Lipinski definition) is 6. The largest absolute Gasteiger partial charge is 0.731 e. The number of nitrogens with zero attached hydrogens (tertiary/aromatic N) is 2. The molecule has 0 saturated carbocycles. The highest BCUT2D eigenvalue weighted by atomic mass is 32.2. The number of hydrogen-bond donors (Lipinski definition) is 2. The number of carbonyl (C=O) groups is 2. The van der Waals surface area contributed by atoms with Gasteiger partial charge in [-0.15, -0.1) is 0 Å². The minimum absolute atomic E-state index is 0.0623. The van der Waals surface area contributed by atoms with E-state index in [4.69, 9.17) is 0 Å². The molecule has 0 radical (unpaired) electrons. The summed E-state index contributed by atoms with van der Waals surface area (Å²) in [6.07, 6.45) is 1.96. The lowest BCUT2D eigenvalue weighted by Crippen LogP contribution is -2.69. The molecule has 2 atom stereocenters. The quantitative estimate of drug-likeness (QED) is 0.457. The molecule has 0 unspecified atom stereocenters. The maximum absolute atomic E-state index is 12.2. The van der Waals surface area contributed by atoms with Crippen molar-refractivity contribution in [3.05, 3.63) is 0 Å². The van der Waals surface area contributed by atoms with Gasteiger partial charge in [-0.1, -0.05) is 0 Å². The molecule has 9 nitrogen and oxygen atoms in total. The van der Waals surface area contributed by atoms with Crippen LogP contribution in [0.4, 0.5) is 4.79 Å². The van der Waals surface area contributed by atoms with Crippen LogP contribution >= 0.6 is 0 Å². The van der Waals surface area contributed by atoms with Gasteiger partial charge in [0.1, 0.15) is 6.04 Å². The van der Waals surface area contributed by atoms with Crippen LogP contribution in [0.1, 0.15) is 19.3 Å². The summed E-state index contributed by atoms with van der Waals surface area (Å²) in [4.78, 5) is 25.4. The van der Waals surface area contributed by atoms with Crippen LogP contribution in [0.3, 0.4) is 0 Å². The SMILES string of the molecule is O=C(NC1CCNCC1)N1CC[C@@H]2[C@H]1C(=O)N2S(=O)(=O)[O-]. The molecular weight excluding hydrogens is 300 g/mol. The summed E-state index contributed by atoms with van der Waals surface area (Å²) in [5.41, 5.74) is 0. The molecule has 3 saturated heterocycles. The Hall–Kier alpha value is -1.39. The molecule has 3 aliphatic rings. The molecule has 3 rings (SSSR count). The molecule has 0 aliphatic carbocycles. The van der Waals surface area contributed by atoms with Gasteiger partial charge in [0.25, 0.3) is 5.91 Å². The Kier molecular flexibility index (Phi) is 3.54. The Labute approximate surface area is 122 Å². The third-order valence-electron chi connectivity index (χ3n) is 4.31. The normalized spacial score (nSPS) is 30.0. The van der Waals surface area contributed by atoms with Gasteiger partial charge in [0.2, 0.25) is 0 Å². The van der Waals surface area contributed by atoms with Crippen LogP contribution in [0, 0.1) is 0 Å². The van der Waals surface area contributed by atoms with E-state index in [1.807, 2.05) is 0 Å². The van der Waals surface area contributed by atoms with E-state index in [0.717, 1.165) is 25.9 Å². The number of β-lactam (4-membered cyclic amide) rings is 1. The molecule has 0 spiro atoms. The number of fused-ring (bicyclic) bond motifs is 1. The van der Waals surface area contributed by atoms with Crippen LogP contribution in [0.25, 0.3) is 0 Å². The first-order valence-electron chi connectivity index (χ1n) is 6.96. The van der Waals surface area contributed by atoms with Crippen LogP contribution in [0.2, 0.25) is 0 Å². The second kappa shape index (κ2) is 5.11. The summed E-state index contributed by atoms with van der Waals surface area (Å²) in [5, 5.41) is 6.06. The predicted octanol–water partition coefficient (Wildman–Crippen LogP) is -1.81. The molecule has 3 amide bonds. The van der Waals surface area contributed by atoms with E-state index < -0.39 is 28.3 Å². The van der Waals surface area contributed by atoms with Gasteiger partial charge in [-0.2, -0.15) is 0 Å².